The van der Waals surface area contributed by atoms with Crippen molar-refractivity contribution in [1.82, 2.24) is 9.21 Å². The first-order chi connectivity index (χ1) is 11.2. The molecular weight excluding hydrogens is 335 g/mol. The van der Waals surface area contributed by atoms with Gasteiger partial charge in [-0.3, -0.25) is 4.79 Å². The van der Waals surface area contributed by atoms with E-state index in [0.717, 1.165) is 19.3 Å². The molecule has 3 aliphatic rings. The molecule has 0 aromatic heterocycles. The number of carbonyl (C=O) groups is 1. The highest BCUT2D eigenvalue weighted by atomic mass is 32.2. The Morgan fingerprint density at radius 2 is 1.92 bits per heavy atom. The van der Waals surface area contributed by atoms with Crippen molar-refractivity contribution < 1.29 is 22.3 Å². The van der Waals surface area contributed by atoms with Gasteiger partial charge in [0.05, 0.1) is 12.9 Å². The molecule has 1 aliphatic carbocycles. The molecule has 0 radical (unpaired) electrons. The molecule has 3 fully saturated rings. The zero-order valence-corrected chi connectivity index (χ0v) is 15.2. The van der Waals surface area contributed by atoms with Crippen LogP contribution in [0.1, 0.15) is 32.1 Å². The van der Waals surface area contributed by atoms with Gasteiger partial charge in [0.25, 0.3) is 0 Å². The molecule has 1 saturated carbocycles. The third-order valence-electron chi connectivity index (χ3n) is 5.92. The van der Waals surface area contributed by atoms with Crippen molar-refractivity contribution in [2.75, 3.05) is 39.6 Å². The topological polar surface area (TPSA) is 66.9 Å². The van der Waals surface area contributed by atoms with Gasteiger partial charge in [-0.1, -0.05) is 0 Å². The Morgan fingerprint density at radius 1 is 1.29 bits per heavy atom. The van der Waals surface area contributed by atoms with Crippen LogP contribution in [0.5, 0.6) is 0 Å². The van der Waals surface area contributed by atoms with Crippen LogP contribution in [0.2, 0.25) is 0 Å². The third kappa shape index (κ3) is 3.46. The predicted octanol–water partition coefficient (Wildman–Crippen LogP) is 1.02. The van der Waals surface area contributed by atoms with Gasteiger partial charge in [0.1, 0.15) is 6.17 Å². The van der Waals surface area contributed by atoms with Gasteiger partial charge in [0, 0.05) is 38.7 Å². The van der Waals surface area contributed by atoms with Crippen molar-refractivity contribution in [2.45, 2.75) is 44.3 Å². The fourth-order valence-corrected chi connectivity index (χ4v) is 5.61. The van der Waals surface area contributed by atoms with Crippen LogP contribution in [0.15, 0.2) is 0 Å². The van der Waals surface area contributed by atoms with Crippen LogP contribution in [-0.4, -0.2) is 75.4 Å². The smallest absolute Gasteiger partial charge is 0.225 e. The minimum Gasteiger partial charge on any atom is -0.383 e. The fraction of sp³-hybridized carbons (Fsp3) is 0.938. The Balaban J connectivity index is 1.61. The van der Waals surface area contributed by atoms with Crippen LogP contribution in [0.3, 0.4) is 0 Å². The summed E-state index contributed by atoms with van der Waals surface area (Å²) in [5, 5.41) is 0. The van der Waals surface area contributed by atoms with Crippen molar-refractivity contribution >= 4 is 15.9 Å². The van der Waals surface area contributed by atoms with E-state index in [0.29, 0.717) is 39.1 Å². The number of piperidine rings is 1. The first-order valence-electron chi connectivity index (χ1n) is 8.63. The highest BCUT2D eigenvalue weighted by Gasteiger charge is 2.49. The standard InChI is InChI=1S/C16H27FN2O4S/c1-23-10-14-9-16(11-19(14)24(2,21)22)3-5-18(6-4-16)15(20)12-7-13(17)8-12/h12-14H,3-11H2,1-2H3. The lowest BCUT2D eigenvalue weighted by Crippen LogP contribution is -2.49. The number of hydrogen-bond donors (Lipinski definition) is 0. The summed E-state index contributed by atoms with van der Waals surface area (Å²) in [5.41, 5.74) is -0.0642. The summed E-state index contributed by atoms with van der Waals surface area (Å²) in [5.74, 6) is -0.0726. The number of rotatable bonds is 4. The molecule has 2 heterocycles. The van der Waals surface area contributed by atoms with Crippen molar-refractivity contribution in [3.05, 3.63) is 0 Å². The van der Waals surface area contributed by atoms with E-state index in [2.05, 4.69) is 0 Å². The average Bonchev–Trinajstić information content (AvgIpc) is 2.83. The molecule has 1 amide bonds. The predicted molar refractivity (Wildman–Crippen MR) is 87.7 cm³/mol. The van der Waals surface area contributed by atoms with E-state index in [4.69, 9.17) is 4.74 Å². The highest BCUT2D eigenvalue weighted by molar-refractivity contribution is 7.88. The average molecular weight is 362 g/mol. The second-order valence-electron chi connectivity index (χ2n) is 7.71. The second kappa shape index (κ2) is 6.53. The number of halogens is 1. The molecule has 0 aromatic rings. The molecule has 0 N–H and O–H groups in total. The number of hydrogen-bond acceptors (Lipinski definition) is 4. The minimum atomic E-state index is -3.26. The van der Waals surface area contributed by atoms with Crippen LogP contribution in [0.25, 0.3) is 0 Å². The van der Waals surface area contributed by atoms with Gasteiger partial charge in [-0.2, -0.15) is 4.31 Å². The van der Waals surface area contributed by atoms with Crippen LogP contribution in [0, 0.1) is 11.3 Å². The summed E-state index contributed by atoms with van der Waals surface area (Å²) in [6.45, 7) is 2.20. The third-order valence-corrected chi connectivity index (χ3v) is 7.20. The molecule has 1 unspecified atom stereocenters. The van der Waals surface area contributed by atoms with Crippen LogP contribution < -0.4 is 0 Å². The summed E-state index contributed by atoms with van der Waals surface area (Å²) in [6, 6.07) is -0.119. The number of nitrogens with zero attached hydrogens (tertiary/aromatic N) is 2. The van der Waals surface area contributed by atoms with Crippen molar-refractivity contribution in [3.63, 3.8) is 0 Å². The Morgan fingerprint density at radius 3 is 2.42 bits per heavy atom. The van der Waals surface area contributed by atoms with E-state index in [1.165, 1.54) is 6.26 Å². The van der Waals surface area contributed by atoms with E-state index in [9.17, 15) is 17.6 Å². The molecule has 0 bridgehead atoms. The van der Waals surface area contributed by atoms with Gasteiger partial charge in [-0.15, -0.1) is 0 Å². The molecule has 3 rings (SSSR count). The quantitative estimate of drug-likeness (QED) is 0.749. The van der Waals surface area contributed by atoms with Gasteiger partial charge >= 0.3 is 0 Å². The largest absolute Gasteiger partial charge is 0.383 e. The zero-order chi connectivity index (χ0) is 17.5. The maximum atomic E-state index is 13.0. The first kappa shape index (κ1) is 18.1. The molecule has 138 valence electrons. The van der Waals surface area contributed by atoms with Crippen LogP contribution in [-0.2, 0) is 19.6 Å². The molecule has 8 heteroatoms. The van der Waals surface area contributed by atoms with E-state index in [-0.39, 0.29) is 23.3 Å². The van der Waals surface area contributed by atoms with E-state index < -0.39 is 16.2 Å². The molecule has 0 aromatic carbocycles. The number of likely N-dealkylation sites (tertiary alicyclic amines) is 1. The Kier molecular flexibility index (Phi) is 4.92. The summed E-state index contributed by atoms with van der Waals surface area (Å²) < 4.78 is 43.8. The van der Waals surface area contributed by atoms with Crippen molar-refractivity contribution in [3.8, 4) is 0 Å². The summed E-state index contributed by atoms with van der Waals surface area (Å²) >= 11 is 0. The summed E-state index contributed by atoms with van der Waals surface area (Å²) in [6.07, 6.45) is 3.54. The molecule has 1 spiro atoms. The van der Waals surface area contributed by atoms with Gasteiger partial charge in [-0.25, -0.2) is 12.8 Å². The van der Waals surface area contributed by atoms with Crippen LogP contribution in [0.4, 0.5) is 4.39 Å². The number of ether oxygens (including phenoxy) is 1. The number of sulfonamides is 1. The maximum Gasteiger partial charge on any atom is 0.225 e. The highest BCUT2D eigenvalue weighted by Crippen LogP contribution is 2.45. The molecule has 24 heavy (non-hydrogen) atoms. The lowest BCUT2D eigenvalue weighted by molar-refractivity contribution is -0.142. The Bertz CT molecular complexity index is 583. The molecular formula is C16H27FN2O4S. The van der Waals surface area contributed by atoms with Crippen molar-refractivity contribution in [2.24, 2.45) is 11.3 Å². The van der Waals surface area contributed by atoms with E-state index in [1.54, 1.807) is 11.4 Å². The number of alkyl halides is 1. The molecule has 6 nitrogen and oxygen atoms in total. The lowest BCUT2D eigenvalue weighted by atomic mass is 9.75. The maximum absolute atomic E-state index is 13.0. The summed E-state index contributed by atoms with van der Waals surface area (Å²) in [7, 11) is -1.68. The molecule has 2 aliphatic heterocycles. The number of carbonyl (C=O) groups excluding carboxylic acids is 1. The van der Waals surface area contributed by atoms with E-state index in [1.807, 2.05) is 4.90 Å². The summed E-state index contributed by atoms with van der Waals surface area (Å²) in [4.78, 5) is 14.2. The van der Waals surface area contributed by atoms with Gasteiger partial charge < -0.3 is 9.64 Å². The monoisotopic (exact) mass is 362 g/mol. The SMILES string of the molecule is COCC1CC2(CCN(C(=O)C3CC(F)C3)CC2)CN1S(C)(=O)=O. The number of amides is 1. The Hall–Kier alpha value is -0.730. The lowest BCUT2D eigenvalue weighted by Gasteiger charge is -2.42. The first-order valence-corrected chi connectivity index (χ1v) is 10.5. The molecule has 1 atom stereocenters. The minimum absolute atomic E-state index is 0.0642. The number of methoxy groups -OCH3 is 1. The van der Waals surface area contributed by atoms with Crippen molar-refractivity contribution in [1.29, 1.82) is 0 Å². The fourth-order valence-electron chi connectivity index (χ4n) is 4.42. The zero-order valence-electron chi connectivity index (χ0n) is 14.4. The van der Waals surface area contributed by atoms with Gasteiger partial charge in [0.2, 0.25) is 15.9 Å². The van der Waals surface area contributed by atoms with Gasteiger partial charge in [-0.05, 0) is 37.5 Å². The molecule has 2 saturated heterocycles. The van der Waals surface area contributed by atoms with Gasteiger partial charge in [0.15, 0.2) is 0 Å². The Labute approximate surface area is 143 Å². The normalized spacial score (nSPS) is 33.6. The van der Waals surface area contributed by atoms with Crippen LogP contribution >= 0.6 is 0 Å². The van der Waals surface area contributed by atoms with E-state index >= 15 is 0 Å². The second-order valence-corrected chi connectivity index (χ2v) is 9.65.